The average molecular weight is 364 g/mol. The lowest BCUT2D eigenvalue weighted by Crippen LogP contribution is -2.13. The van der Waals surface area contributed by atoms with Gasteiger partial charge in [0, 0.05) is 12.3 Å². The van der Waals surface area contributed by atoms with Gasteiger partial charge in [-0.15, -0.1) is 0 Å². The van der Waals surface area contributed by atoms with Crippen molar-refractivity contribution in [3.63, 3.8) is 0 Å². The second-order valence-electron chi connectivity index (χ2n) is 6.03. The Balaban J connectivity index is 2.00. The molecular weight excluding hydrogens is 344 g/mol. The zero-order valence-electron chi connectivity index (χ0n) is 15.4. The van der Waals surface area contributed by atoms with Crippen LogP contribution in [0.5, 0.6) is 5.75 Å². The first-order valence-electron chi connectivity index (χ1n) is 8.47. The Morgan fingerprint density at radius 3 is 2.52 bits per heavy atom. The minimum Gasteiger partial charge on any atom is -0.485 e. The van der Waals surface area contributed by atoms with Gasteiger partial charge in [0.2, 0.25) is 5.91 Å². The molecule has 2 aromatic carbocycles. The lowest BCUT2D eigenvalue weighted by molar-refractivity contribution is -0.114. The first kappa shape index (κ1) is 18.4. The first-order chi connectivity index (χ1) is 13.0. The molecule has 0 unspecified atom stereocenters. The standard InChI is InChI=1S/C21H20N2O4/c1-13-15-8-4-5-9-16(15)23-18(20(13)21(25)26-3)12-27-19-11-7-6-10-17(19)22-14(2)24/h4-11H,12H2,1-3H3,(H,22,24). The van der Waals surface area contributed by atoms with Gasteiger partial charge < -0.3 is 14.8 Å². The second-order valence-corrected chi connectivity index (χ2v) is 6.03. The zero-order valence-corrected chi connectivity index (χ0v) is 15.4. The van der Waals surface area contributed by atoms with E-state index in [1.165, 1.54) is 14.0 Å². The molecule has 0 radical (unpaired) electrons. The van der Waals surface area contributed by atoms with E-state index in [1.807, 2.05) is 31.2 Å². The highest BCUT2D eigenvalue weighted by atomic mass is 16.5. The smallest absolute Gasteiger partial charge is 0.340 e. The van der Waals surface area contributed by atoms with E-state index in [0.717, 1.165) is 16.5 Å². The number of carbonyl (C=O) groups is 2. The number of nitrogens with zero attached hydrogens (tertiary/aromatic N) is 1. The number of anilines is 1. The van der Waals surface area contributed by atoms with Crippen LogP contribution in [0.1, 0.15) is 28.5 Å². The van der Waals surface area contributed by atoms with Crippen LogP contribution in [0.25, 0.3) is 10.9 Å². The van der Waals surface area contributed by atoms with Gasteiger partial charge in [-0.05, 0) is 30.7 Å². The third-order valence-electron chi connectivity index (χ3n) is 4.18. The summed E-state index contributed by atoms with van der Waals surface area (Å²) in [6, 6.07) is 14.7. The van der Waals surface area contributed by atoms with Gasteiger partial charge in [0.25, 0.3) is 0 Å². The molecule has 0 fully saturated rings. The van der Waals surface area contributed by atoms with Crippen molar-refractivity contribution in [1.82, 2.24) is 4.98 Å². The van der Waals surface area contributed by atoms with Crippen molar-refractivity contribution in [3.05, 3.63) is 65.4 Å². The van der Waals surface area contributed by atoms with E-state index >= 15 is 0 Å². The largest absolute Gasteiger partial charge is 0.485 e. The fourth-order valence-electron chi connectivity index (χ4n) is 2.95. The molecule has 1 heterocycles. The van der Waals surface area contributed by atoms with Crippen LogP contribution in [-0.4, -0.2) is 24.0 Å². The first-order valence-corrected chi connectivity index (χ1v) is 8.47. The molecular formula is C21H20N2O4. The Kier molecular flexibility index (Phi) is 5.35. The number of rotatable bonds is 5. The maximum absolute atomic E-state index is 12.3. The van der Waals surface area contributed by atoms with Crippen LogP contribution in [0.4, 0.5) is 5.69 Å². The molecule has 1 amide bonds. The van der Waals surface area contributed by atoms with Gasteiger partial charge in [0.15, 0.2) is 0 Å². The van der Waals surface area contributed by atoms with Gasteiger partial charge in [-0.25, -0.2) is 9.78 Å². The summed E-state index contributed by atoms with van der Waals surface area (Å²) in [4.78, 5) is 28.3. The van der Waals surface area contributed by atoms with Gasteiger partial charge in [-0.2, -0.15) is 0 Å². The fraction of sp³-hybridized carbons (Fsp3) is 0.190. The van der Waals surface area contributed by atoms with Crippen molar-refractivity contribution in [2.24, 2.45) is 0 Å². The summed E-state index contributed by atoms with van der Waals surface area (Å²) in [7, 11) is 1.34. The maximum Gasteiger partial charge on any atom is 0.340 e. The number of esters is 1. The van der Waals surface area contributed by atoms with Crippen molar-refractivity contribution in [3.8, 4) is 5.75 Å². The Hall–Kier alpha value is -3.41. The number of para-hydroxylation sites is 3. The minimum atomic E-state index is -0.459. The van der Waals surface area contributed by atoms with E-state index in [4.69, 9.17) is 9.47 Å². The molecule has 0 aliphatic rings. The molecule has 0 spiro atoms. The van der Waals surface area contributed by atoms with Crippen LogP contribution < -0.4 is 10.1 Å². The van der Waals surface area contributed by atoms with Gasteiger partial charge in [-0.3, -0.25) is 4.79 Å². The second kappa shape index (κ2) is 7.86. The molecule has 27 heavy (non-hydrogen) atoms. The van der Waals surface area contributed by atoms with E-state index in [1.54, 1.807) is 24.3 Å². The molecule has 0 atom stereocenters. The molecule has 3 rings (SSSR count). The van der Waals surface area contributed by atoms with E-state index in [2.05, 4.69) is 10.3 Å². The summed E-state index contributed by atoms with van der Waals surface area (Å²) >= 11 is 0. The number of hydrogen-bond donors (Lipinski definition) is 1. The quantitative estimate of drug-likeness (QED) is 0.696. The van der Waals surface area contributed by atoms with E-state index in [0.29, 0.717) is 22.7 Å². The van der Waals surface area contributed by atoms with Gasteiger partial charge in [0.05, 0.1) is 29.6 Å². The molecule has 0 saturated heterocycles. The van der Waals surface area contributed by atoms with Crippen molar-refractivity contribution >= 4 is 28.5 Å². The summed E-state index contributed by atoms with van der Waals surface area (Å²) in [6.45, 7) is 3.36. The number of nitrogens with one attached hydrogen (secondary N) is 1. The number of aryl methyl sites for hydroxylation is 1. The molecule has 0 aliphatic heterocycles. The van der Waals surface area contributed by atoms with Crippen LogP contribution in [0, 0.1) is 6.92 Å². The molecule has 6 nitrogen and oxygen atoms in total. The fourth-order valence-corrected chi connectivity index (χ4v) is 2.95. The van der Waals surface area contributed by atoms with Crippen molar-refractivity contribution in [1.29, 1.82) is 0 Å². The summed E-state index contributed by atoms with van der Waals surface area (Å²) in [5, 5.41) is 3.61. The third-order valence-corrected chi connectivity index (χ3v) is 4.18. The van der Waals surface area contributed by atoms with Crippen LogP contribution >= 0.6 is 0 Å². The third kappa shape index (κ3) is 3.89. The number of amides is 1. The maximum atomic E-state index is 12.3. The van der Waals surface area contributed by atoms with Crippen LogP contribution in [-0.2, 0) is 16.1 Å². The highest BCUT2D eigenvalue weighted by Gasteiger charge is 2.20. The Morgan fingerprint density at radius 1 is 1.07 bits per heavy atom. The Bertz CT molecular complexity index is 1010. The molecule has 0 bridgehead atoms. The van der Waals surface area contributed by atoms with E-state index in [-0.39, 0.29) is 12.5 Å². The number of pyridine rings is 1. The van der Waals surface area contributed by atoms with Gasteiger partial charge in [-0.1, -0.05) is 30.3 Å². The number of aromatic nitrogens is 1. The lowest BCUT2D eigenvalue weighted by atomic mass is 10.0. The van der Waals surface area contributed by atoms with Crippen LogP contribution in [0.2, 0.25) is 0 Å². The molecule has 0 saturated carbocycles. The highest BCUT2D eigenvalue weighted by molar-refractivity contribution is 5.98. The van der Waals surface area contributed by atoms with E-state index < -0.39 is 5.97 Å². The Morgan fingerprint density at radius 2 is 1.78 bits per heavy atom. The summed E-state index contributed by atoms with van der Waals surface area (Å²) < 4.78 is 10.8. The number of carbonyl (C=O) groups excluding carboxylic acids is 2. The molecule has 138 valence electrons. The van der Waals surface area contributed by atoms with Crippen LogP contribution in [0.3, 0.4) is 0 Å². The SMILES string of the molecule is COC(=O)c1c(COc2ccccc2NC(C)=O)nc2ccccc2c1C. The number of fused-ring (bicyclic) bond motifs is 1. The van der Waals surface area contributed by atoms with Gasteiger partial charge >= 0.3 is 5.97 Å². The van der Waals surface area contributed by atoms with Crippen molar-refractivity contribution in [2.75, 3.05) is 12.4 Å². The topological polar surface area (TPSA) is 77.5 Å². The molecule has 1 N–H and O–H groups in total. The van der Waals surface area contributed by atoms with Gasteiger partial charge in [0.1, 0.15) is 12.4 Å². The summed E-state index contributed by atoms with van der Waals surface area (Å²) in [5.74, 6) is -0.156. The summed E-state index contributed by atoms with van der Waals surface area (Å²) in [6.07, 6.45) is 0. The summed E-state index contributed by atoms with van der Waals surface area (Å²) in [5.41, 5.74) is 3.00. The monoisotopic (exact) mass is 364 g/mol. The normalized spacial score (nSPS) is 10.5. The van der Waals surface area contributed by atoms with Crippen molar-refractivity contribution in [2.45, 2.75) is 20.5 Å². The number of benzene rings is 2. The lowest BCUT2D eigenvalue weighted by Gasteiger charge is -2.15. The predicted molar refractivity (Wildman–Crippen MR) is 103 cm³/mol. The minimum absolute atomic E-state index is 0.0622. The predicted octanol–water partition coefficient (Wildman–Crippen LogP) is 3.87. The van der Waals surface area contributed by atoms with Crippen molar-refractivity contribution < 1.29 is 19.1 Å². The highest BCUT2D eigenvalue weighted by Crippen LogP contribution is 2.27. The van der Waals surface area contributed by atoms with E-state index in [9.17, 15) is 9.59 Å². The number of hydrogen-bond acceptors (Lipinski definition) is 5. The molecule has 3 aromatic rings. The number of methoxy groups -OCH3 is 1. The average Bonchev–Trinajstić information content (AvgIpc) is 2.66. The Labute approximate surface area is 157 Å². The van der Waals surface area contributed by atoms with Crippen LogP contribution in [0.15, 0.2) is 48.5 Å². The molecule has 1 aromatic heterocycles. The molecule has 6 heteroatoms. The number of ether oxygens (including phenoxy) is 2. The molecule has 0 aliphatic carbocycles. The zero-order chi connectivity index (χ0) is 19.4.